The van der Waals surface area contributed by atoms with E-state index < -0.39 is 17.7 Å². The van der Waals surface area contributed by atoms with Gasteiger partial charge in [-0.15, -0.1) is 0 Å². The quantitative estimate of drug-likeness (QED) is 0.844. The van der Waals surface area contributed by atoms with Crippen LogP contribution >= 0.6 is 0 Å². The SMILES string of the molecule is Cc1ccccc1C(O)c1ccc(F)cc1F. The Balaban J connectivity index is 2.44. The molecule has 1 nitrogen and oxygen atoms in total. The maximum atomic E-state index is 13.5. The molecule has 0 bridgehead atoms. The van der Waals surface area contributed by atoms with Gasteiger partial charge in [-0.25, -0.2) is 8.78 Å². The molecule has 2 aromatic rings. The first-order valence-electron chi connectivity index (χ1n) is 5.28. The lowest BCUT2D eigenvalue weighted by Gasteiger charge is -2.14. The van der Waals surface area contributed by atoms with Gasteiger partial charge in [0, 0.05) is 11.6 Å². The second-order valence-electron chi connectivity index (χ2n) is 3.92. The second kappa shape index (κ2) is 4.63. The molecule has 0 aliphatic heterocycles. The average molecular weight is 234 g/mol. The molecule has 2 aromatic carbocycles. The van der Waals surface area contributed by atoms with Gasteiger partial charge in [-0.1, -0.05) is 30.3 Å². The van der Waals surface area contributed by atoms with Gasteiger partial charge in [0.05, 0.1) is 0 Å². The zero-order chi connectivity index (χ0) is 12.4. The maximum Gasteiger partial charge on any atom is 0.132 e. The summed E-state index contributed by atoms with van der Waals surface area (Å²) in [7, 11) is 0. The molecule has 0 saturated heterocycles. The third-order valence-corrected chi connectivity index (χ3v) is 2.74. The summed E-state index contributed by atoms with van der Waals surface area (Å²) in [4.78, 5) is 0. The predicted octanol–water partition coefficient (Wildman–Crippen LogP) is 3.35. The Labute approximate surface area is 98.3 Å². The van der Waals surface area contributed by atoms with E-state index >= 15 is 0 Å². The lowest BCUT2D eigenvalue weighted by molar-refractivity contribution is 0.214. The first-order chi connectivity index (χ1) is 8.09. The van der Waals surface area contributed by atoms with Gasteiger partial charge in [0.15, 0.2) is 0 Å². The highest BCUT2D eigenvalue weighted by Crippen LogP contribution is 2.26. The fraction of sp³-hybridized carbons (Fsp3) is 0.143. The third-order valence-electron chi connectivity index (χ3n) is 2.74. The standard InChI is InChI=1S/C14H12F2O/c1-9-4-2-3-5-11(9)14(17)12-7-6-10(15)8-13(12)16/h2-8,14,17H,1H3. The second-order valence-corrected chi connectivity index (χ2v) is 3.92. The van der Waals surface area contributed by atoms with Gasteiger partial charge in [-0.05, 0) is 24.1 Å². The zero-order valence-electron chi connectivity index (χ0n) is 9.32. The van der Waals surface area contributed by atoms with Crippen molar-refractivity contribution in [1.82, 2.24) is 0 Å². The number of benzene rings is 2. The number of aliphatic hydroxyl groups excluding tert-OH is 1. The molecule has 0 saturated carbocycles. The lowest BCUT2D eigenvalue weighted by atomic mass is 9.97. The van der Waals surface area contributed by atoms with E-state index in [0.717, 1.165) is 17.7 Å². The van der Waals surface area contributed by atoms with Crippen LogP contribution in [0, 0.1) is 18.6 Å². The molecule has 0 radical (unpaired) electrons. The van der Waals surface area contributed by atoms with Crippen LogP contribution in [0.4, 0.5) is 8.78 Å². The lowest BCUT2D eigenvalue weighted by Crippen LogP contribution is -2.04. The summed E-state index contributed by atoms with van der Waals surface area (Å²) >= 11 is 0. The van der Waals surface area contributed by atoms with E-state index in [1.54, 1.807) is 12.1 Å². The number of hydrogen-bond acceptors (Lipinski definition) is 1. The van der Waals surface area contributed by atoms with Crippen LogP contribution in [0.15, 0.2) is 42.5 Å². The van der Waals surface area contributed by atoms with Crippen LogP contribution in [0.2, 0.25) is 0 Å². The molecule has 0 amide bonds. The van der Waals surface area contributed by atoms with Gasteiger partial charge < -0.3 is 5.11 Å². The Morgan fingerprint density at radius 1 is 1.00 bits per heavy atom. The minimum absolute atomic E-state index is 0.0840. The molecule has 0 aromatic heterocycles. The van der Waals surface area contributed by atoms with Crippen LogP contribution < -0.4 is 0 Å². The van der Waals surface area contributed by atoms with Crippen molar-refractivity contribution in [3.05, 3.63) is 70.8 Å². The Kier molecular flexibility index (Phi) is 3.20. The van der Waals surface area contributed by atoms with E-state index in [0.29, 0.717) is 5.56 Å². The van der Waals surface area contributed by atoms with E-state index in [-0.39, 0.29) is 5.56 Å². The first-order valence-corrected chi connectivity index (χ1v) is 5.28. The molecule has 0 spiro atoms. The number of halogens is 2. The minimum Gasteiger partial charge on any atom is -0.384 e. The van der Waals surface area contributed by atoms with Gasteiger partial charge in [0.2, 0.25) is 0 Å². The molecule has 17 heavy (non-hydrogen) atoms. The molecule has 0 aliphatic rings. The first kappa shape index (κ1) is 11.7. The fourth-order valence-corrected chi connectivity index (χ4v) is 1.78. The summed E-state index contributed by atoms with van der Waals surface area (Å²) in [5, 5.41) is 10.1. The number of aliphatic hydroxyl groups is 1. The van der Waals surface area contributed by atoms with Crippen LogP contribution in [0.1, 0.15) is 22.8 Å². The Hall–Kier alpha value is -1.74. The van der Waals surface area contributed by atoms with Gasteiger partial charge in [-0.2, -0.15) is 0 Å². The topological polar surface area (TPSA) is 20.2 Å². The van der Waals surface area contributed by atoms with Crippen LogP contribution in [0.25, 0.3) is 0 Å². The van der Waals surface area contributed by atoms with Crippen molar-refractivity contribution in [2.75, 3.05) is 0 Å². The smallest absolute Gasteiger partial charge is 0.132 e. The molecule has 88 valence electrons. The molecule has 0 fully saturated rings. The number of aryl methyl sites for hydroxylation is 1. The largest absolute Gasteiger partial charge is 0.384 e. The molecule has 2 rings (SSSR count). The molecular formula is C14H12F2O. The highest BCUT2D eigenvalue weighted by atomic mass is 19.1. The minimum atomic E-state index is -1.07. The van der Waals surface area contributed by atoms with Gasteiger partial charge in [-0.3, -0.25) is 0 Å². The van der Waals surface area contributed by atoms with E-state index in [1.807, 2.05) is 19.1 Å². The molecule has 1 unspecified atom stereocenters. The third kappa shape index (κ3) is 2.34. The highest BCUT2D eigenvalue weighted by Gasteiger charge is 2.16. The van der Waals surface area contributed by atoms with Gasteiger partial charge >= 0.3 is 0 Å². The van der Waals surface area contributed by atoms with Crippen molar-refractivity contribution < 1.29 is 13.9 Å². The van der Waals surface area contributed by atoms with Gasteiger partial charge in [0.1, 0.15) is 17.7 Å². The summed E-state index contributed by atoms with van der Waals surface area (Å²) in [5.74, 6) is -1.39. The van der Waals surface area contributed by atoms with Crippen molar-refractivity contribution in [2.24, 2.45) is 0 Å². The summed E-state index contributed by atoms with van der Waals surface area (Å²) < 4.78 is 26.3. The predicted molar refractivity (Wildman–Crippen MR) is 61.6 cm³/mol. The van der Waals surface area contributed by atoms with Gasteiger partial charge in [0.25, 0.3) is 0 Å². The fourth-order valence-electron chi connectivity index (χ4n) is 1.78. The summed E-state index contributed by atoms with van der Waals surface area (Å²) in [6.07, 6.45) is -1.07. The van der Waals surface area contributed by atoms with Crippen LogP contribution in [-0.2, 0) is 0 Å². The molecule has 0 heterocycles. The summed E-state index contributed by atoms with van der Waals surface area (Å²) in [5.41, 5.74) is 1.57. The average Bonchev–Trinajstić information content (AvgIpc) is 2.29. The Morgan fingerprint density at radius 2 is 1.71 bits per heavy atom. The zero-order valence-corrected chi connectivity index (χ0v) is 9.32. The van der Waals surface area contributed by atoms with E-state index in [1.165, 1.54) is 6.07 Å². The van der Waals surface area contributed by atoms with E-state index in [4.69, 9.17) is 0 Å². The van der Waals surface area contributed by atoms with Crippen molar-refractivity contribution in [3.63, 3.8) is 0 Å². The number of rotatable bonds is 2. The van der Waals surface area contributed by atoms with Crippen LogP contribution in [0.3, 0.4) is 0 Å². The molecule has 0 aliphatic carbocycles. The Morgan fingerprint density at radius 3 is 2.35 bits per heavy atom. The monoisotopic (exact) mass is 234 g/mol. The number of hydrogen-bond donors (Lipinski definition) is 1. The van der Waals surface area contributed by atoms with Crippen LogP contribution in [0.5, 0.6) is 0 Å². The highest BCUT2D eigenvalue weighted by molar-refractivity contribution is 5.35. The van der Waals surface area contributed by atoms with Crippen molar-refractivity contribution >= 4 is 0 Å². The van der Waals surface area contributed by atoms with Crippen molar-refractivity contribution in [1.29, 1.82) is 0 Å². The summed E-state index contributed by atoms with van der Waals surface area (Å²) in [6.45, 7) is 1.83. The van der Waals surface area contributed by atoms with E-state index in [2.05, 4.69) is 0 Å². The summed E-state index contributed by atoms with van der Waals surface area (Å²) in [6, 6.07) is 10.3. The molecular weight excluding hydrogens is 222 g/mol. The Bertz CT molecular complexity index is 537. The molecule has 1 N–H and O–H groups in total. The maximum absolute atomic E-state index is 13.5. The van der Waals surface area contributed by atoms with Crippen LogP contribution in [-0.4, -0.2) is 5.11 Å². The van der Waals surface area contributed by atoms with E-state index in [9.17, 15) is 13.9 Å². The normalized spacial score (nSPS) is 12.5. The van der Waals surface area contributed by atoms with Crippen molar-refractivity contribution in [2.45, 2.75) is 13.0 Å². The molecule has 3 heteroatoms. The van der Waals surface area contributed by atoms with Crippen molar-refractivity contribution in [3.8, 4) is 0 Å². The molecule has 1 atom stereocenters.